The van der Waals surface area contributed by atoms with E-state index >= 15 is 0 Å². The van der Waals surface area contributed by atoms with Crippen molar-refractivity contribution in [2.45, 2.75) is 43.5 Å². The van der Waals surface area contributed by atoms with E-state index in [2.05, 4.69) is 10.3 Å². The van der Waals surface area contributed by atoms with E-state index in [0.717, 1.165) is 12.1 Å². The Morgan fingerprint density at radius 3 is 2.61 bits per heavy atom. The fraction of sp³-hybridized carbons (Fsp3) is 0.318. The number of phenolic OH excluding ortho intramolecular Hbond substituents is 1. The minimum atomic E-state index is -5.00. The Morgan fingerprint density at radius 1 is 1.19 bits per heavy atom. The number of aromatic amines is 1. The summed E-state index contributed by atoms with van der Waals surface area (Å²) < 4.78 is 56.5. The van der Waals surface area contributed by atoms with Crippen molar-refractivity contribution in [3.63, 3.8) is 0 Å². The first-order valence-electron chi connectivity index (χ1n) is 9.75. The molecule has 1 heterocycles. The van der Waals surface area contributed by atoms with Crippen LogP contribution < -0.4 is 10.9 Å². The van der Waals surface area contributed by atoms with Gasteiger partial charge in [0.25, 0.3) is 0 Å². The van der Waals surface area contributed by atoms with Gasteiger partial charge in [-0.2, -0.15) is 13.2 Å². The van der Waals surface area contributed by atoms with Gasteiger partial charge in [-0.1, -0.05) is 19.1 Å². The molecule has 2 aromatic carbocycles. The van der Waals surface area contributed by atoms with Crippen LogP contribution in [0.5, 0.6) is 5.75 Å². The van der Waals surface area contributed by atoms with E-state index in [0.29, 0.717) is 10.9 Å². The fourth-order valence-electron chi connectivity index (χ4n) is 4.42. The number of benzene rings is 2. The molecule has 0 radical (unpaired) electrons. The van der Waals surface area contributed by atoms with Crippen molar-refractivity contribution in [2.24, 2.45) is 0 Å². The zero-order chi connectivity index (χ0) is 22.6. The number of halogens is 4. The van der Waals surface area contributed by atoms with Crippen LogP contribution in [0.2, 0.25) is 0 Å². The Labute approximate surface area is 174 Å². The van der Waals surface area contributed by atoms with E-state index in [1.165, 1.54) is 18.2 Å². The summed E-state index contributed by atoms with van der Waals surface area (Å²) in [5.41, 5.74) is -2.87. The number of hydrogen-bond donors (Lipinski definition) is 4. The highest BCUT2D eigenvalue weighted by atomic mass is 19.4. The second-order valence-corrected chi connectivity index (χ2v) is 7.80. The third kappa shape index (κ3) is 3.33. The monoisotopic (exact) mass is 436 g/mol. The molecule has 0 bridgehead atoms. The zero-order valence-electron chi connectivity index (χ0n) is 16.4. The molecule has 1 aliphatic carbocycles. The van der Waals surface area contributed by atoms with Gasteiger partial charge in [-0.15, -0.1) is 0 Å². The molecule has 31 heavy (non-hydrogen) atoms. The SMILES string of the molecule is CC[C@@H]1C[C@@](O)(C(F)(F)F)[C@@H](Nc2cccc3[nH]c(=O)ccc23)c2ccc(F)c(O)c21. The van der Waals surface area contributed by atoms with Crippen molar-refractivity contribution >= 4 is 16.6 Å². The number of rotatable bonds is 3. The molecule has 0 fully saturated rings. The first-order valence-corrected chi connectivity index (χ1v) is 9.75. The highest BCUT2D eigenvalue weighted by Gasteiger charge is 2.62. The van der Waals surface area contributed by atoms with Gasteiger partial charge in [0, 0.05) is 22.7 Å². The van der Waals surface area contributed by atoms with E-state index in [1.54, 1.807) is 19.1 Å². The molecule has 164 valence electrons. The number of nitrogens with one attached hydrogen (secondary N) is 2. The summed E-state index contributed by atoms with van der Waals surface area (Å²) >= 11 is 0. The molecule has 0 unspecified atom stereocenters. The van der Waals surface area contributed by atoms with Crippen LogP contribution in [-0.2, 0) is 0 Å². The Morgan fingerprint density at radius 2 is 1.94 bits per heavy atom. The Balaban J connectivity index is 1.94. The maximum atomic E-state index is 14.2. The Bertz CT molecular complexity index is 1210. The lowest BCUT2D eigenvalue weighted by Crippen LogP contribution is -2.55. The predicted octanol–water partition coefficient (Wildman–Crippen LogP) is 4.72. The standard InChI is InChI=1S/C22H20F4N2O3/c1-2-11-10-21(31,22(24,25)26)20(13-6-8-14(23)19(30)18(11)13)28-16-5-3-4-15-12(16)7-9-17(29)27-15/h3-9,11,20,28,30-31H,2,10H2,1H3,(H,27,29)/t11-,20+,21+/m1/s1. The van der Waals surface area contributed by atoms with Crippen LogP contribution in [0.15, 0.2) is 47.3 Å². The maximum absolute atomic E-state index is 14.2. The van der Waals surface area contributed by atoms with Gasteiger partial charge in [-0.05, 0) is 48.6 Å². The molecule has 0 spiro atoms. The molecule has 3 aromatic rings. The number of hydrogen-bond acceptors (Lipinski definition) is 4. The first-order chi connectivity index (χ1) is 14.6. The van der Waals surface area contributed by atoms with Gasteiger partial charge in [0.15, 0.2) is 17.2 Å². The van der Waals surface area contributed by atoms with E-state index in [1.807, 2.05) is 0 Å². The summed E-state index contributed by atoms with van der Waals surface area (Å²) in [6.07, 6.45) is -5.57. The smallest absolute Gasteiger partial charge is 0.419 e. The molecule has 0 saturated carbocycles. The van der Waals surface area contributed by atoms with Crippen LogP contribution in [0.4, 0.5) is 23.2 Å². The van der Waals surface area contributed by atoms with E-state index < -0.39 is 41.7 Å². The third-order valence-corrected chi connectivity index (χ3v) is 6.00. The van der Waals surface area contributed by atoms with E-state index in [-0.39, 0.29) is 28.8 Å². The van der Waals surface area contributed by atoms with Crippen LogP contribution >= 0.6 is 0 Å². The minimum Gasteiger partial charge on any atom is -0.505 e. The summed E-state index contributed by atoms with van der Waals surface area (Å²) in [6, 6.07) is 7.71. The van der Waals surface area contributed by atoms with Crippen molar-refractivity contribution in [3.05, 3.63) is 69.8 Å². The van der Waals surface area contributed by atoms with Crippen molar-refractivity contribution in [2.75, 3.05) is 5.32 Å². The number of aromatic nitrogens is 1. The van der Waals surface area contributed by atoms with Crippen molar-refractivity contribution in [3.8, 4) is 5.75 Å². The number of fused-ring (bicyclic) bond motifs is 2. The molecule has 0 amide bonds. The van der Waals surface area contributed by atoms with Gasteiger partial charge in [0.05, 0.1) is 11.6 Å². The van der Waals surface area contributed by atoms with Crippen LogP contribution in [-0.4, -0.2) is 27.0 Å². The topological polar surface area (TPSA) is 85.4 Å². The van der Waals surface area contributed by atoms with E-state index in [4.69, 9.17) is 0 Å². The number of aliphatic hydroxyl groups is 1. The number of H-pyrrole nitrogens is 1. The van der Waals surface area contributed by atoms with Gasteiger partial charge in [0.1, 0.15) is 0 Å². The molecule has 0 saturated heterocycles. The highest BCUT2D eigenvalue weighted by Crippen LogP contribution is 2.55. The third-order valence-electron chi connectivity index (χ3n) is 6.00. The minimum absolute atomic E-state index is 0.0294. The predicted molar refractivity (Wildman–Crippen MR) is 108 cm³/mol. The molecule has 4 rings (SSSR count). The molecule has 1 aliphatic rings. The summed E-state index contributed by atoms with van der Waals surface area (Å²) in [4.78, 5) is 14.2. The van der Waals surface area contributed by atoms with Gasteiger partial charge in [0.2, 0.25) is 5.56 Å². The normalized spacial score (nSPS) is 23.5. The quantitative estimate of drug-likeness (QED) is 0.448. The first kappa shape index (κ1) is 21.2. The average molecular weight is 436 g/mol. The molecular formula is C22H20F4N2O3. The Kier molecular flexibility index (Phi) is 4.96. The lowest BCUT2D eigenvalue weighted by atomic mass is 9.69. The van der Waals surface area contributed by atoms with Crippen LogP contribution in [0.3, 0.4) is 0 Å². The largest absolute Gasteiger partial charge is 0.505 e. The lowest BCUT2D eigenvalue weighted by Gasteiger charge is -2.45. The van der Waals surface area contributed by atoms with Gasteiger partial charge in [-0.25, -0.2) is 4.39 Å². The Hall–Kier alpha value is -3.07. The molecule has 1 aromatic heterocycles. The number of aromatic hydroxyl groups is 1. The zero-order valence-corrected chi connectivity index (χ0v) is 16.4. The molecule has 0 aliphatic heterocycles. The van der Waals surface area contributed by atoms with Gasteiger partial charge < -0.3 is 20.5 Å². The van der Waals surface area contributed by atoms with Crippen molar-refractivity contribution in [1.29, 1.82) is 0 Å². The van der Waals surface area contributed by atoms with Gasteiger partial charge >= 0.3 is 6.18 Å². The van der Waals surface area contributed by atoms with Crippen molar-refractivity contribution in [1.82, 2.24) is 4.98 Å². The summed E-state index contributed by atoms with van der Waals surface area (Å²) in [5, 5.41) is 24.4. The van der Waals surface area contributed by atoms with Gasteiger partial charge in [-0.3, -0.25) is 4.79 Å². The second-order valence-electron chi connectivity index (χ2n) is 7.80. The van der Waals surface area contributed by atoms with E-state index in [9.17, 15) is 32.6 Å². The maximum Gasteiger partial charge on any atom is 0.419 e. The number of phenols is 1. The second kappa shape index (κ2) is 7.26. The number of alkyl halides is 3. The summed E-state index contributed by atoms with van der Waals surface area (Å²) in [5.74, 6) is -2.53. The van der Waals surface area contributed by atoms with Crippen molar-refractivity contribution < 1.29 is 27.8 Å². The average Bonchev–Trinajstić information content (AvgIpc) is 2.71. The van der Waals surface area contributed by atoms with Crippen LogP contribution in [0, 0.1) is 5.82 Å². The van der Waals surface area contributed by atoms with Crippen LogP contribution in [0.1, 0.15) is 42.9 Å². The highest BCUT2D eigenvalue weighted by molar-refractivity contribution is 5.91. The fourth-order valence-corrected chi connectivity index (χ4v) is 4.42. The van der Waals surface area contributed by atoms with Crippen LogP contribution in [0.25, 0.3) is 10.9 Å². The lowest BCUT2D eigenvalue weighted by molar-refractivity contribution is -0.272. The summed E-state index contributed by atoms with van der Waals surface area (Å²) in [7, 11) is 0. The molecular weight excluding hydrogens is 416 g/mol. The molecule has 5 nitrogen and oxygen atoms in total. The number of pyridine rings is 1. The molecule has 4 N–H and O–H groups in total. The molecule has 9 heteroatoms. The summed E-state index contributed by atoms with van der Waals surface area (Å²) in [6.45, 7) is 1.62. The molecule has 3 atom stereocenters. The number of anilines is 1.